The van der Waals surface area contributed by atoms with Gasteiger partial charge in [0.1, 0.15) is 0 Å². The lowest BCUT2D eigenvalue weighted by Crippen LogP contribution is -2.34. The fourth-order valence-corrected chi connectivity index (χ4v) is 3.90. The molecule has 0 amide bonds. The summed E-state index contributed by atoms with van der Waals surface area (Å²) in [5.41, 5.74) is 3.16. The Morgan fingerprint density at radius 2 is 1.95 bits per heavy atom. The van der Waals surface area contributed by atoms with Crippen LogP contribution in [0, 0.1) is 6.92 Å². The largest absolute Gasteiger partial charge is 0.323 e. The fraction of sp³-hybridized carbons (Fsp3) is 0.200. The molecule has 0 atom stereocenters. The van der Waals surface area contributed by atoms with E-state index in [9.17, 15) is 8.42 Å². The molecule has 0 fully saturated rings. The molecule has 1 heterocycles. The van der Waals surface area contributed by atoms with E-state index < -0.39 is 10.2 Å². The number of rotatable bonds is 3. The lowest BCUT2D eigenvalue weighted by atomic mass is 10.2. The van der Waals surface area contributed by atoms with Crippen LogP contribution in [0.2, 0.25) is 5.02 Å². The zero-order valence-corrected chi connectivity index (χ0v) is 13.1. The number of hydrogen-bond donors (Lipinski definition) is 1. The molecule has 0 radical (unpaired) electrons. The highest BCUT2D eigenvalue weighted by molar-refractivity contribution is 7.94. The number of para-hydroxylation sites is 1. The average Bonchev–Trinajstić information content (AvgIpc) is 2.87. The van der Waals surface area contributed by atoms with E-state index in [4.69, 9.17) is 11.6 Å². The molecule has 21 heavy (non-hydrogen) atoms. The van der Waals surface area contributed by atoms with Crippen molar-refractivity contribution in [3.05, 3.63) is 58.6 Å². The zero-order valence-electron chi connectivity index (χ0n) is 11.5. The number of nitrogens with zero attached hydrogens (tertiary/aromatic N) is 1. The molecule has 0 aliphatic carbocycles. The topological polar surface area (TPSA) is 49.4 Å². The molecule has 1 aliphatic rings. The van der Waals surface area contributed by atoms with Crippen molar-refractivity contribution in [2.45, 2.75) is 13.3 Å². The predicted octanol–water partition coefficient (Wildman–Crippen LogP) is 3.37. The Balaban J connectivity index is 1.90. The summed E-state index contributed by atoms with van der Waals surface area (Å²) in [6.07, 6.45) is 0.728. The zero-order chi connectivity index (χ0) is 15.0. The Hall–Kier alpha value is -1.72. The number of halogens is 1. The number of benzene rings is 2. The van der Waals surface area contributed by atoms with E-state index in [0.29, 0.717) is 17.3 Å². The van der Waals surface area contributed by atoms with Gasteiger partial charge in [-0.3, -0.25) is 9.03 Å². The van der Waals surface area contributed by atoms with Crippen LogP contribution in [0.4, 0.5) is 11.4 Å². The van der Waals surface area contributed by atoms with Crippen LogP contribution in [0.1, 0.15) is 11.1 Å². The molecule has 0 saturated heterocycles. The first kappa shape index (κ1) is 14.2. The van der Waals surface area contributed by atoms with Gasteiger partial charge in [0, 0.05) is 11.6 Å². The molecule has 3 rings (SSSR count). The minimum Gasteiger partial charge on any atom is -0.267 e. The van der Waals surface area contributed by atoms with Crippen LogP contribution in [-0.2, 0) is 16.6 Å². The summed E-state index contributed by atoms with van der Waals surface area (Å²) < 4.78 is 29.0. The van der Waals surface area contributed by atoms with Crippen molar-refractivity contribution in [2.24, 2.45) is 0 Å². The molecular formula is C15H15ClN2O2S. The van der Waals surface area contributed by atoms with E-state index >= 15 is 0 Å². The van der Waals surface area contributed by atoms with Crippen LogP contribution in [0.25, 0.3) is 0 Å². The third-order valence-electron chi connectivity index (χ3n) is 3.55. The normalized spacial score (nSPS) is 14.1. The van der Waals surface area contributed by atoms with E-state index in [2.05, 4.69) is 4.72 Å². The van der Waals surface area contributed by atoms with Gasteiger partial charge in [-0.1, -0.05) is 35.9 Å². The van der Waals surface area contributed by atoms with Crippen molar-refractivity contribution in [1.29, 1.82) is 0 Å². The number of nitrogens with one attached hydrogen (secondary N) is 1. The molecule has 0 bridgehead atoms. The fourth-order valence-electron chi connectivity index (χ4n) is 2.42. The van der Waals surface area contributed by atoms with Gasteiger partial charge < -0.3 is 0 Å². The van der Waals surface area contributed by atoms with Gasteiger partial charge in [-0.25, -0.2) is 0 Å². The predicted molar refractivity (Wildman–Crippen MR) is 86.2 cm³/mol. The van der Waals surface area contributed by atoms with Gasteiger partial charge in [0.05, 0.1) is 11.4 Å². The van der Waals surface area contributed by atoms with Gasteiger partial charge in [0.2, 0.25) is 0 Å². The average molecular weight is 323 g/mol. The Kier molecular flexibility index (Phi) is 3.55. The van der Waals surface area contributed by atoms with Gasteiger partial charge in [0.15, 0.2) is 0 Å². The summed E-state index contributed by atoms with van der Waals surface area (Å²) in [5.74, 6) is 0. The number of anilines is 2. The van der Waals surface area contributed by atoms with Crippen LogP contribution in [0.15, 0.2) is 42.5 Å². The van der Waals surface area contributed by atoms with Crippen LogP contribution in [0.5, 0.6) is 0 Å². The Morgan fingerprint density at radius 3 is 2.71 bits per heavy atom. The SMILES string of the molecule is Cc1ccc(NS(=O)(=O)N2CCc3ccccc32)cc1Cl. The molecule has 2 aromatic carbocycles. The smallest absolute Gasteiger partial charge is 0.267 e. The molecule has 0 aromatic heterocycles. The number of aryl methyl sites for hydroxylation is 1. The molecular weight excluding hydrogens is 308 g/mol. The quantitative estimate of drug-likeness (QED) is 0.942. The van der Waals surface area contributed by atoms with Crippen molar-refractivity contribution in [1.82, 2.24) is 0 Å². The standard InChI is InChI=1S/C15H15ClN2O2S/c1-11-6-7-13(10-14(11)16)17-21(19,20)18-9-8-12-4-2-3-5-15(12)18/h2-7,10,17H,8-9H2,1H3. The highest BCUT2D eigenvalue weighted by Crippen LogP contribution is 2.31. The van der Waals surface area contributed by atoms with Crippen molar-refractivity contribution in [3.8, 4) is 0 Å². The second kappa shape index (κ2) is 5.24. The maximum Gasteiger partial charge on any atom is 0.323 e. The molecule has 0 spiro atoms. The van der Waals surface area contributed by atoms with Crippen LogP contribution in [0.3, 0.4) is 0 Å². The third kappa shape index (κ3) is 2.71. The molecule has 0 unspecified atom stereocenters. The van der Waals surface area contributed by atoms with Gasteiger partial charge in [-0.05, 0) is 42.7 Å². The summed E-state index contributed by atoms with van der Waals surface area (Å²) >= 11 is 6.03. The summed E-state index contributed by atoms with van der Waals surface area (Å²) in [6.45, 7) is 2.33. The Bertz CT molecular complexity index is 790. The van der Waals surface area contributed by atoms with E-state index in [1.165, 1.54) is 4.31 Å². The minimum atomic E-state index is -3.63. The monoisotopic (exact) mass is 322 g/mol. The third-order valence-corrected chi connectivity index (χ3v) is 5.41. The Labute approximate surface area is 129 Å². The van der Waals surface area contributed by atoms with Gasteiger partial charge in [-0.15, -0.1) is 0 Å². The highest BCUT2D eigenvalue weighted by Gasteiger charge is 2.29. The number of fused-ring (bicyclic) bond motifs is 1. The summed E-state index contributed by atoms with van der Waals surface area (Å²) in [7, 11) is -3.63. The molecule has 1 aliphatic heterocycles. The summed E-state index contributed by atoms with van der Waals surface area (Å²) in [6, 6.07) is 12.7. The van der Waals surface area contributed by atoms with Gasteiger partial charge >= 0.3 is 10.2 Å². The molecule has 0 saturated carbocycles. The lowest BCUT2D eigenvalue weighted by molar-refractivity contribution is 0.597. The van der Waals surface area contributed by atoms with E-state index in [1.807, 2.05) is 31.2 Å². The molecule has 6 heteroatoms. The highest BCUT2D eigenvalue weighted by atomic mass is 35.5. The first-order chi connectivity index (χ1) is 9.97. The first-order valence-electron chi connectivity index (χ1n) is 6.62. The summed E-state index contributed by atoms with van der Waals surface area (Å²) in [5, 5.41) is 0.539. The van der Waals surface area contributed by atoms with Crippen molar-refractivity contribution < 1.29 is 8.42 Å². The number of hydrogen-bond acceptors (Lipinski definition) is 2. The summed E-state index contributed by atoms with van der Waals surface area (Å²) in [4.78, 5) is 0. The molecule has 4 nitrogen and oxygen atoms in total. The molecule has 1 N–H and O–H groups in total. The second-order valence-corrected chi connectivity index (χ2v) is 7.02. The molecule has 110 valence electrons. The lowest BCUT2D eigenvalue weighted by Gasteiger charge is -2.20. The van der Waals surface area contributed by atoms with E-state index in [1.54, 1.807) is 18.2 Å². The minimum absolute atomic E-state index is 0.453. The maximum absolute atomic E-state index is 12.5. The first-order valence-corrected chi connectivity index (χ1v) is 8.44. The second-order valence-electron chi connectivity index (χ2n) is 5.02. The van der Waals surface area contributed by atoms with Crippen molar-refractivity contribution in [3.63, 3.8) is 0 Å². The van der Waals surface area contributed by atoms with Crippen molar-refractivity contribution in [2.75, 3.05) is 15.6 Å². The van der Waals surface area contributed by atoms with Crippen LogP contribution in [-0.4, -0.2) is 15.0 Å². The maximum atomic E-state index is 12.5. The molecule has 2 aromatic rings. The van der Waals surface area contributed by atoms with Crippen LogP contribution < -0.4 is 9.03 Å². The van der Waals surface area contributed by atoms with E-state index in [0.717, 1.165) is 23.2 Å². The van der Waals surface area contributed by atoms with Gasteiger partial charge in [0.25, 0.3) is 0 Å². The van der Waals surface area contributed by atoms with Crippen molar-refractivity contribution >= 4 is 33.2 Å². The van der Waals surface area contributed by atoms with Gasteiger partial charge in [-0.2, -0.15) is 8.42 Å². The Morgan fingerprint density at radius 1 is 1.19 bits per heavy atom. The van der Waals surface area contributed by atoms with E-state index in [-0.39, 0.29) is 0 Å². The van der Waals surface area contributed by atoms with Crippen LogP contribution >= 0.6 is 11.6 Å².